The predicted molar refractivity (Wildman–Crippen MR) is 152 cm³/mol. The van der Waals surface area contributed by atoms with Gasteiger partial charge in [-0.25, -0.2) is 13.9 Å². The molecule has 3 aromatic heterocycles. The number of methoxy groups -OCH3 is 1. The lowest BCUT2D eigenvalue weighted by atomic mass is 9.95. The molecule has 2 N–H and O–H groups in total. The van der Waals surface area contributed by atoms with Crippen molar-refractivity contribution in [1.29, 1.82) is 0 Å². The Balaban J connectivity index is 0.000000215. The summed E-state index contributed by atoms with van der Waals surface area (Å²) in [4.78, 5) is 18.6. The summed E-state index contributed by atoms with van der Waals surface area (Å²) in [5.74, 6) is 0.456. The number of pyridine rings is 1. The minimum atomic E-state index is -0.240. The molecular weight excluding hydrogens is 497 g/mol. The molecule has 9 nitrogen and oxygen atoms in total. The lowest BCUT2D eigenvalue weighted by Crippen LogP contribution is -2.36. The van der Waals surface area contributed by atoms with Crippen molar-refractivity contribution in [2.45, 2.75) is 64.8 Å². The van der Waals surface area contributed by atoms with Crippen molar-refractivity contribution in [2.75, 3.05) is 25.1 Å². The second-order valence-electron chi connectivity index (χ2n) is 9.09. The van der Waals surface area contributed by atoms with Crippen LogP contribution in [0.15, 0.2) is 61.4 Å². The smallest absolute Gasteiger partial charge is 0.255 e. The summed E-state index contributed by atoms with van der Waals surface area (Å²) < 4.78 is 18.8. The molecule has 1 amide bonds. The molecule has 10 heteroatoms. The van der Waals surface area contributed by atoms with Gasteiger partial charge in [0, 0.05) is 31.0 Å². The van der Waals surface area contributed by atoms with Crippen molar-refractivity contribution in [1.82, 2.24) is 30.1 Å². The maximum Gasteiger partial charge on any atom is 0.255 e. The number of fused-ring (bicyclic) bond motifs is 1. The van der Waals surface area contributed by atoms with E-state index in [4.69, 9.17) is 4.74 Å². The summed E-state index contributed by atoms with van der Waals surface area (Å²) in [5.41, 5.74) is 2.79. The third-order valence-electron chi connectivity index (χ3n) is 6.54. The van der Waals surface area contributed by atoms with Gasteiger partial charge in [-0.15, -0.1) is 0 Å². The molecule has 0 bridgehead atoms. The number of aromatic nitrogens is 5. The molecule has 4 heterocycles. The topological polar surface area (TPSA) is 100 Å². The van der Waals surface area contributed by atoms with E-state index in [9.17, 15) is 9.18 Å². The van der Waals surface area contributed by atoms with Gasteiger partial charge in [-0.3, -0.25) is 9.89 Å². The van der Waals surface area contributed by atoms with Crippen molar-refractivity contribution in [2.24, 2.45) is 0 Å². The van der Waals surface area contributed by atoms with Gasteiger partial charge in [0.15, 0.2) is 0 Å². The molecule has 2 aliphatic rings. The minimum Gasteiger partial charge on any atom is -0.497 e. The zero-order valence-electron chi connectivity index (χ0n) is 23.1. The molecule has 1 saturated carbocycles. The molecule has 0 atom stereocenters. The number of H-pyrrole nitrogens is 1. The Hall–Kier alpha value is -3.95. The average Bonchev–Trinajstić information content (AvgIpc) is 3.79. The van der Waals surface area contributed by atoms with Crippen LogP contribution in [0.4, 0.5) is 10.1 Å². The van der Waals surface area contributed by atoms with Crippen molar-refractivity contribution in [3.05, 3.63) is 72.8 Å². The van der Waals surface area contributed by atoms with E-state index in [1.807, 2.05) is 20.0 Å². The van der Waals surface area contributed by atoms with Gasteiger partial charge in [-0.05, 0) is 62.1 Å². The predicted octanol–water partition coefficient (Wildman–Crippen LogP) is 5.66. The highest BCUT2D eigenvalue weighted by atomic mass is 19.1. The van der Waals surface area contributed by atoms with Gasteiger partial charge in [-0.2, -0.15) is 10.2 Å². The molecular formula is C29H40FN7O2. The Labute approximate surface area is 229 Å². The number of carbonyl (C=O) groups is 1. The van der Waals surface area contributed by atoms with Crippen LogP contribution in [0.25, 0.3) is 5.52 Å². The van der Waals surface area contributed by atoms with Gasteiger partial charge < -0.3 is 15.0 Å². The fourth-order valence-corrected chi connectivity index (χ4v) is 4.56. The van der Waals surface area contributed by atoms with E-state index in [-0.39, 0.29) is 11.7 Å². The van der Waals surface area contributed by atoms with E-state index in [1.54, 1.807) is 30.0 Å². The maximum atomic E-state index is 12.6. The minimum absolute atomic E-state index is 0.0190. The summed E-state index contributed by atoms with van der Waals surface area (Å²) in [7, 11) is 1.55. The van der Waals surface area contributed by atoms with E-state index in [1.165, 1.54) is 62.6 Å². The summed E-state index contributed by atoms with van der Waals surface area (Å²) >= 11 is 0. The van der Waals surface area contributed by atoms with Crippen LogP contribution in [0.1, 0.15) is 69.2 Å². The molecule has 1 aliphatic heterocycles. The van der Waals surface area contributed by atoms with Crippen molar-refractivity contribution in [3.63, 3.8) is 0 Å². The Morgan fingerprint density at radius 1 is 1.05 bits per heavy atom. The van der Waals surface area contributed by atoms with Crippen molar-refractivity contribution < 1.29 is 13.9 Å². The number of nitrogens with zero attached hydrogens (tertiary/aromatic N) is 5. The van der Waals surface area contributed by atoms with E-state index >= 15 is 0 Å². The quantitative estimate of drug-likeness (QED) is 0.348. The average molecular weight is 538 g/mol. The fraction of sp³-hybridized carbons (Fsp3) is 0.448. The number of aromatic amines is 1. The number of carbonyl (C=O) groups excluding carboxylic acids is 1. The summed E-state index contributed by atoms with van der Waals surface area (Å²) in [5, 5.41) is 13.5. The van der Waals surface area contributed by atoms with Gasteiger partial charge in [0.05, 0.1) is 24.4 Å². The molecule has 4 aromatic rings. The van der Waals surface area contributed by atoms with E-state index in [2.05, 4.69) is 42.6 Å². The van der Waals surface area contributed by atoms with Crippen LogP contribution in [0.3, 0.4) is 0 Å². The molecule has 210 valence electrons. The Bertz CT molecular complexity index is 1200. The monoisotopic (exact) mass is 537 g/mol. The largest absolute Gasteiger partial charge is 0.497 e. The van der Waals surface area contributed by atoms with E-state index in [0.29, 0.717) is 17.4 Å². The SMILES string of the molecule is CC.COc1ccc(F)cc1.O=C(NC1CCCCC1)c1cnn2ccc(N3CCCC3)cc12.c1nc[nH]n1. The van der Waals surface area contributed by atoms with Crippen molar-refractivity contribution in [3.8, 4) is 5.75 Å². The van der Waals surface area contributed by atoms with Crippen LogP contribution >= 0.6 is 0 Å². The number of nitrogens with one attached hydrogen (secondary N) is 2. The lowest BCUT2D eigenvalue weighted by molar-refractivity contribution is 0.0929. The normalized spacial score (nSPS) is 14.7. The number of amides is 1. The first-order valence-electron chi connectivity index (χ1n) is 13.8. The number of ether oxygens (including phenoxy) is 1. The van der Waals surface area contributed by atoms with Gasteiger partial charge in [-0.1, -0.05) is 33.1 Å². The van der Waals surface area contributed by atoms with Crippen molar-refractivity contribution >= 4 is 17.1 Å². The maximum absolute atomic E-state index is 12.6. The number of rotatable bonds is 4. The summed E-state index contributed by atoms with van der Waals surface area (Å²) in [6.45, 7) is 6.21. The van der Waals surface area contributed by atoms with Crippen LogP contribution in [-0.4, -0.2) is 56.9 Å². The molecule has 0 spiro atoms. The molecule has 0 radical (unpaired) electrons. The first kappa shape index (κ1) is 29.6. The number of anilines is 1. The van der Waals surface area contributed by atoms with Gasteiger partial charge >= 0.3 is 0 Å². The molecule has 1 aliphatic carbocycles. The number of halogens is 1. The highest BCUT2D eigenvalue weighted by Crippen LogP contribution is 2.24. The second kappa shape index (κ2) is 16.1. The molecule has 39 heavy (non-hydrogen) atoms. The fourth-order valence-electron chi connectivity index (χ4n) is 4.56. The van der Waals surface area contributed by atoms with Gasteiger partial charge in [0.25, 0.3) is 5.91 Å². The van der Waals surface area contributed by atoms with Crippen LogP contribution < -0.4 is 15.0 Å². The third kappa shape index (κ3) is 9.08. The lowest BCUT2D eigenvalue weighted by Gasteiger charge is -2.22. The highest BCUT2D eigenvalue weighted by molar-refractivity contribution is 6.01. The summed E-state index contributed by atoms with van der Waals surface area (Å²) in [6, 6.07) is 10.4. The van der Waals surface area contributed by atoms with Crippen LogP contribution in [-0.2, 0) is 0 Å². The first-order valence-corrected chi connectivity index (χ1v) is 13.8. The number of hydrogen-bond donors (Lipinski definition) is 2. The number of benzene rings is 1. The standard InChI is InChI=1S/C18H24N4O.C7H7FO.C2H3N3.C2H6/c23-18(20-14-6-2-1-3-7-14)16-13-19-22-11-8-15(12-17(16)22)21-9-4-5-10-21;1-9-7-4-2-6(8)3-5-7;1-3-2-5-4-1;1-2/h8,11-14H,1-7,9-10H2,(H,20,23);2-5H,1H3;1-2H,(H,3,4,5);1-2H3. The highest BCUT2D eigenvalue weighted by Gasteiger charge is 2.20. The molecule has 2 fully saturated rings. The third-order valence-corrected chi connectivity index (χ3v) is 6.54. The van der Waals surface area contributed by atoms with Crippen LogP contribution in [0.5, 0.6) is 5.75 Å². The second-order valence-corrected chi connectivity index (χ2v) is 9.09. The molecule has 1 saturated heterocycles. The number of hydrogen-bond acceptors (Lipinski definition) is 6. The Morgan fingerprint density at radius 3 is 2.36 bits per heavy atom. The van der Waals surface area contributed by atoms with Gasteiger partial charge in [0.1, 0.15) is 24.2 Å². The molecule has 1 aromatic carbocycles. The first-order chi connectivity index (χ1) is 19.1. The van der Waals surface area contributed by atoms with E-state index in [0.717, 1.165) is 31.4 Å². The summed E-state index contributed by atoms with van der Waals surface area (Å²) in [6.07, 6.45) is 15.1. The van der Waals surface area contributed by atoms with E-state index < -0.39 is 0 Å². The zero-order chi connectivity index (χ0) is 27.9. The molecule has 6 rings (SSSR count). The zero-order valence-corrected chi connectivity index (χ0v) is 23.1. The Morgan fingerprint density at radius 2 is 1.77 bits per heavy atom. The Kier molecular flexibility index (Phi) is 12.2. The van der Waals surface area contributed by atoms with Crippen LogP contribution in [0.2, 0.25) is 0 Å². The molecule has 0 unspecified atom stereocenters. The van der Waals surface area contributed by atoms with Gasteiger partial charge in [0.2, 0.25) is 0 Å². The van der Waals surface area contributed by atoms with Crippen LogP contribution in [0, 0.1) is 5.82 Å².